The van der Waals surface area contributed by atoms with Crippen LogP contribution < -0.4 is 0 Å². The van der Waals surface area contributed by atoms with Gasteiger partial charge >= 0.3 is 6.18 Å². The fourth-order valence-electron chi connectivity index (χ4n) is 2.23. The van der Waals surface area contributed by atoms with Gasteiger partial charge in [-0.05, 0) is 38.0 Å². The van der Waals surface area contributed by atoms with Crippen molar-refractivity contribution in [2.75, 3.05) is 13.1 Å². The second-order valence-electron chi connectivity index (χ2n) is 5.48. The summed E-state index contributed by atoms with van der Waals surface area (Å²) in [5, 5.41) is 9.79. The minimum atomic E-state index is -4.63. The normalized spacial score (nSPS) is 18.7. The number of halogens is 4. The number of hydrogen-bond donors (Lipinski definition) is 1. The largest absolute Gasteiger partial charge is 0.416 e. The van der Waals surface area contributed by atoms with Crippen LogP contribution >= 0.6 is 0 Å². The van der Waals surface area contributed by atoms with Crippen LogP contribution in [-0.4, -0.2) is 34.6 Å². The summed E-state index contributed by atoms with van der Waals surface area (Å²) in [6.07, 6.45) is -4.02. The summed E-state index contributed by atoms with van der Waals surface area (Å²) in [6.45, 7) is 1.99. The van der Waals surface area contributed by atoms with E-state index in [4.69, 9.17) is 0 Å². The van der Waals surface area contributed by atoms with Crippen molar-refractivity contribution in [3.8, 4) is 0 Å². The van der Waals surface area contributed by atoms with E-state index in [0.717, 1.165) is 0 Å². The maximum Gasteiger partial charge on any atom is 0.416 e. The maximum absolute atomic E-state index is 13.7. The molecule has 0 radical (unpaired) electrons. The van der Waals surface area contributed by atoms with Gasteiger partial charge in [-0.1, -0.05) is 0 Å². The Morgan fingerprint density at radius 1 is 1.29 bits per heavy atom. The van der Waals surface area contributed by atoms with Gasteiger partial charge in [-0.15, -0.1) is 0 Å². The molecule has 1 aliphatic heterocycles. The number of carbonyl (C=O) groups is 1. The van der Waals surface area contributed by atoms with Crippen LogP contribution in [0.1, 0.15) is 35.7 Å². The van der Waals surface area contributed by atoms with Crippen molar-refractivity contribution >= 4 is 5.91 Å². The fraction of sp³-hybridized carbons (Fsp3) is 0.500. The molecule has 0 aromatic heterocycles. The van der Waals surface area contributed by atoms with E-state index in [-0.39, 0.29) is 13.1 Å². The number of rotatable bonds is 1. The lowest BCUT2D eigenvalue weighted by Crippen LogP contribution is -2.45. The Labute approximate surface area is 119 Å². The van der Waals surface area contributed by atoms with Gasteiger partial charge in [-0.3, -0.25) is 4.79 Å². The van der Waals surface area contributed by atoms with Crippen LogP contribution in [0.25, 0.3) is 0 Å². The summed E-state index contributed by atoms with van der Waals surface area (Å²) in [4.78, 5) is 13.4. The number of benzene rings is 1. The number of hydrogen-bond acceptors (Lipinski definition) is 2. The van der Waals surface area contributed by atoms with Crippen LogP contribution in [0.3, 0.4) is 0 Å². The fourth-order valence-corrected chi connectivity index (χ4v) is 2.23. The van der Waals surface area contributed by atoms with Crippen molar-refractivity contribution in [2.24, 2.45) is 0 Å². The van der Waals surface area contributed by atoms with Gasteiger partial charge in [0.05, 0.1) is 16.7 Å². The molecule has 1 fully saturated rings. The van der Waals surface area contributed by atoms with Crippen LogP contribution in [0.15, 0.2) is 18.2 Å². The van der Waals surface area contributed by atoms with E-state index in [1.807, 2.05) is 0 Å². The lowest BCUT2D eigenvalue weighted by Gasteiger charge is -2.35. The van der Waals surface area contributed by atoms with Crippen LogP contribution in [0.4, 0.5) is 17.6 Å². The number of amides is 1. The van der Waals surface area contributed by atoms with Crippen molar-refractivity contribution in [1.82, 2.24) is 4.90 Å². The Bertz CT molecular complexity index is 544. The summed E-state index contributed by atoms with van der Waals surface area (Å²) in [7, 11) is 0. The summed E-state index contributed by atoms with van der Waals surface area (Å²) in [5.41, 5.74) is -2.55. The number of alkyl halides is 3. The summed E-state index contributed by atoms with van der Waals surface area (Å²) < 4.78 is 51.5. The smallest absolute Gasteiger partial charge is 0.390 e. The molecule has 1 saturated heterocycles. The maximum atomic E-state index is 13.7. The second-order valence-corrected chi connectivity index (χ2v) is 5.48. The number of piperidine rings is 1. The zero-order chi connectivity index (χ0) is 15.8. The van der Waals surface area contributed by atoms with Gasteiger partial charge < -0.3 is 10.0 Å². The molecule has 0 spiro atoms. The molecule has 0 aliphatic carbocycles. The van der Waals surface area contributed by atoms with Gasteiger partial charge in [-0.2, -0.15) is 13.2 Å². The first-order valence-corrected chi connectivity index (χ1v) is 6.48. The van der Waals surface area contributed by atoms with E-state index < -0.39 is 34.6 Å². The molecule has 0 saturated carbocycles. The molecule has 0 bridgehead atoms. The monoisotopic (exact) mass is 305 g/mol. The van der Waals surface area contributed by atoms with Crippen LogP contribution in [0.2, 0.25) is 0 Å². The Kier molecular flexibility index (Phi) is 3.97. The molecular weight excluding hydrogens is 290 g/mol. The van der Waals surface area contributed by atoms with Gasteiger partial charge in [0.1, 0.15) is 5.82 Å². The lowest BCUT2D eigenvalue weighted by atomic mass is 9.93. The molecule has 2 rings (SSSR count). The molecule has 1 amide bonds. The van der Waals surface area contributed by atoms with E-state index >= 15 is 0 Å². The Morgan fingerprint density at radius 3 is 2.38 bits per heavy atom. The topological polar surface area (TPSA) is 40.5 Å². The highest BCUT2D eigenvalue weighted by Crippen LogP contribution is 2.31. The zero-order valence-electron chi connectivity index (χ0n) is 11.4. The molecule has 0 unspecified atom stereocenters. The minimum absolute atomic E-state index is 0.182. The van der Waals surface area contributed by atoms with Crippen LogP contribution in [0, 0.1) is 5.82 Å². The molecule has 3 nitrogen and oxygen atoms in total. The summed E-state index contributed by atoms with van der Waals surface area (Å²) >= 11 is 0. The van der Waals surface area contributed by atoms with E-state index in [0.29, 0.717) is 31.0 Å². The van der Waals surface area contributed by atoms with E-state index in [1.165, 1.54) is 4.90 Å². The van der Waals surface area contributed by atoms with Crippen LogP contribution in [0.5, 0.6) is 0 Å². The van der Waals surface area contributed by atoms with Crippen molar-refractivity contribution in [3.05, 3.63) is 35.1 Å². The zero-order valence-corrected chi connectivity index (χ0v) is 11.4. The minimum Gasteiger partial charge on any atom is -0.390 e. The Hall–Kier alpha value is -1.63. The molecule has 1 N–H and O–H groups in total. The summed E-state index contributed by atoms with van der Waals surface area (Å²) in [6, 6.07) is 1.79. The molecule has 1 aromatic carbocycles. The highest BCUT2D eigenvalue weighted by Gasteiger charge is 2.34. The number of aliphatic hydroxyl groups is 1. The molecule has 1 aliphatic rings. The Balaban J connectivity index is 2.23. The van der Waals surface area contributed by atoms with Crippen molar-refractivity contribution in [2.45, 2.75) is 31.5 Å². The predicted octanol–water partition coefficient (Wildman–Crippen LogP) is 2.83. The Morgan fingerprint density at radius 2 is 1.86 bits per heavy atom. The average Bonchev–Trinajstić information content (AvgIpc) is 2.37. The first-order chi connectivity index (χ1) is 9.60. The third-order valence-corrected chi connectivity index (χ3v) is 3.65. The first-order valence-electron chi connectivity index (χ1n) is 6.48. The van der Waals surface area contributed by atoms with Crippen molar-refractivity contribution < 1.29 is 27.5 Å². The second kappa shape index (κ2) is 5.29. The first kappa shape index (κ1) is 15.8. The summed E-state index contributed by atoms with van der Waals surface area (Å²) in [5.74, 6) is -1.76. The average molecular weight is 305 g/mol. The molecule has 1 heterocycles. The van der Waals surface area contributed by atoms with Crippen molar-refractivity contribution in [1.29, 1.82) is 0 Å². The highest BCUT2D eigenvalue weighted by molar-refractivity contribution is 5.94. The quantitative estimate of drug-likeness (QED) is 0.811. The molecule has 7 heteroatoms. The number of nitrogens with zero attached hydrogens (tertiary/aromatic N) is 1. The van der Waals surface area contributed by atoms with Gasteiger partial charge in [0.15, 0.2) is 0 Å². The molecule has 21 heavy (non-hydrogen) atoms. The van der Waals surface area contributed by atoms with E-state index in [9.17, 15) is 27.5 Å². The van der Waals surface area contributed by atoms with E-state index in [2.05, 4.69) is 0 Å². The third-order valence-electron chi connectivity index (χ3n) is 3.65. The molecule has 1 aromatic rings. The SMILES string of the molecule is CC1(O)CCN(C(=O)c2cc(C(F)(F)F)ccc2F)CC1. The number of carbonyl (C=O) groups excluding carboxylic acids is 1. The van der Waals surface area contributed by atoms with Gasteiger partial charge in [0.2, 0.25) is 0 Å². The molecular formula is C14H15F4NO2. The van der Waals surface area contributed by atoms with Crippen molar-refractivity contribution in [3.63, 3.8) is 0 Å². The molecule has 0 atom stereocenters. The third kappa shape index (κ3) is 3.53. The standard InChI is InChI=1S/C14H15F4NO2/c1-13(21)4-6-19(7-5-13)12(20)10-8-9(14(16,17)18)2-3-11(10)15/h2-3,8,21H,4-7H2,1H3. The molecule has 116 valence electrons. The van der Waals surface area contributed by atoms with Crippen LogP contribution in [-0.2, 0) is 6.18 Å². The van der Waals surface area contributed by atoms with Gasteiger partial charge in [0, 0.05) is 13.1 Å². The predicted molar refractivity (Wildman–Crippen MR) is 67.2 cm³/mol. The number of likely N-dealkylation sites (tertiary alicyclic amines) is 1. The van der Waals surface area contributed by atoms with Gasteiger partial charge in [0.25, 0.3) is 5.91 Å². The van der Waals surface area contributed by atoms with Gasteiger partial charge in [-0.25, -0.2) is 4.39 Å². The lowest BCUT2D eigenvalue weighted by molar-refractivity contribution is -0.137. The highest BCUT2D eigenvalue weighted by atomic mass is 19.4. The van der Waals surface area contributed by atoms with E-state index in [1.54, 1.807) is 6.92 Å².